The second-order valence-corrected chi connectivity index (χ2v) is 4.24. The molecule has 0 saturated carbocycles. The summed E-state index contributed by atoms with van der Waals surface area (Å²) in [6.07, 6.45) is 3.21. The number of hydrogen-bond donors (Lipinski definition) is 0. The predicted octanol–water partition coefficient (Wildman–Crippen LogP) is 3.01. The third-order valence-electron chi connectivity index (χ3n) is 2.60. The molecule has 3 heteroatoms. The van der Waals surface area contributed by atoms with Crippen molar-refractivity contribution >= 4 is 5.91 Å². The lowest BCUT2D eigenvalue weighted by Gasteiger charge is -2.17. The summed E-state index contributed by atoms with van der Waals surface area (Å²) in [6, 6.07) is 7.79. The number of amides is 1. The Morgan fingerprint density at radius 1 is 1.39 bits per heavy atom. The summed E-state index contributed by atoms with van der Waals surface area (Å²) < 4.78 is 5.40. The first-order chi connectivity index (χ1) is 8.67. The number of benzene rings is 1. The van der Waals surface area contributed by atoms with E-state index in [0.717, 1.165) is 17.7 Å². The number of nitrogens with zero attached hydrogens (tertiary/aromatic N) is 1. The fourth-order valence-corrected chi connectivity index (χ4v) is 1.61. The van der Waals surface area contributed by atoms with Crippen LogP contribution in [0.15, 0.2) is 36.9 Å². The van der Waals surface area contributed by atoms with Crippen molar-refractivity contribution in [3.63, 3.8) is 0 Å². The first kappa shape index (κ1) is 14.3. The van der Waals surface area contributed by atoms with Crippen LogP contribution in [0.2, 0.25) is 0 Å². The van der Waals surface area contributed by atoms with E-state index >= 15 is 0 Å². The summed E-state index contributed by atoms with van der Waals surface area (Å²) in [5, 5.41) is 0. The lowest BCUT2D eigenvalue weighted by atomic mass is 10.2. The van der Waals surface area contributed by atoms with Gasteiger partial charge in [0.25, 0.3) is 0 Å². The highest BCUT2D eigenvalue weighted by atomic mass is 16.5. The van der Waals surface area contributed by atoms with E-state index in [1.807, 2.05) is 38.2 Å². The van der Waals surface area contributed by atoms with Crippen molar-refractivity contribution in [1.29, 1.82) is 0 Å². The average molecular weight is 247 g/mol. The van der Waals surface area contributed by atoms with Crippen LogP contribution in [0.1, 0.15) is 25.3 Å². The molecule has 0 N–H and O–H groups in total. The summed E-state index contributed by atoms with van der Waals surface area (Å²) in [5.41, 5.74) is 1.10. The van der Waals surface area contributed by atoms with E-state index in [1.165, 1.54) is 0 Å². The molecular weight excluding hydrogens is 226 g/mol. The molecule has 0 heterocycles. The van der Waals surface area contributed by atoms with Crippen molar-refractivity contribution < 1.29 is 9.53 Å². The molecule has 0 unspecified atom stereocenters. The van der Waals surface area contributed by atoms with Gasteiger partial charge in [0.05, 0.1) is 0 Å². The fraction of sp³-hybridized carbons (Fsp3) is 0.400. The highest BCUT2D eigenvalue weighted by Crippen LogP contribution is 2.13. The Labute approximate surface area is 109 Å². The van der Waals surface area contributed by atoms with Gasteiger partial charge in [-0.25, -0.2) is 0 Å². The summed E-state index contributed by atoms with van der Waals surface area (Å²) in [5.74, 6) is 1.01. The number of carbonyl (C=O) groups is 1. The smallest absolute Gasteiger partial charge is 0.222 e. The fourth-order valence-electron chi connectivity index (χ4n) is 1.61. The van der Waals surface area contributed by atoms with E-state index in [-0.39, 0.29) is 5.91 Å². The van der Waals surface area contributed by atoms with Crippen LogP contribution in [0, 0.1) is 0 Å². The maximum atomic E-state index is 11.6. The average Bonchev–Trinajstić information content (AvgIpc) is 2.38. The second-order valence-electron chi connectivity index (χ2n) is 4.24. The van der Waals surface area contributed by atoms with Crippen LogP contribution in [-0.2, 0) is 11.3 Å². The molecule has 0 fully saturated rings. The lowest BCUT2D eigenvalue weighted by molar-refractivity contribution is -0.130. The minimum absolute atomic E-state index is 0.185. The van der Waals surface area contributed by atoms with Crippen LogP contribution in [0.3, 0.4) is 0 Å². The molecular formula is C15H21NO2. The van der Waals surface area contributed by atoms with Gasteiger partial charge in [-0.1, -0.05) is 31.7 Å². The molecule has 1 amide bonds. The molecule has 0 bridgehead atoms. The van der Waals surface area contributed by atoms with Crippen LogP contribution in [0.4, 0.5) is 0 Å². The minimum Gasteiger partial charge on any atom is -0.490 e. The molecule has 0 saturated heterocycles. The summed E-state index contributed by atoms with van der Waals surface area (Å²) >= 11 is 0. The van der Waals surface area contributed by atoms with Crippen molar-refractivity contribution in [2.75, 3.05) is 13.7 Å². The van der Waals surface area contributed by atoms with Gasteiger partial charge >= 0.3 is 0 Å². The van der Waals surface area contributed by atoms with E-state index in [0.29, 0.717) is 19.6 Å². The normalized spacial score (nSPS) is 9.89. The van der Waals surface area contributed by atoms with Crippen molar-refractivity contribution in [1.82, 2.24) is 4.90 Å². The maximum absolute atomic E-state index is 11.6. The highest BCUT2D eigenvalue weighted by Gasteiger charge is 2.07. The molecule has 0 aliphatic carbocycles. The van der Waals surface area contributed by atoms with Gasteiger partial charge in [-0.2, -0.15) is 0 Å². The highest BCUT2D eigenvalue weighted by molar-refractivity contribution is 5.75. The van der Waals surface area contributed by atoms with Crippen molar-refractivity contribution in [2.45, 2.75) is 26.3 Å². The zero-order valence-corrected chi connectivity index (χ0v) is 11.2. The number of carbonyl (C=O) groups excluding carboxylic acids is 1. The van der Waals surface area contributed by atoms with Gasteiger partial charge < -0.3 is 9.64 Å². The summed E-state index contributed by atoms with van der Waals surface area (Å²) in [6.45, 7) is 6.76. The van der Waals surface area contributed by atoms with Gasteiger partial charge in [0.15, 0.2) is 0 Å². The van der Waals surface area contributed by atoms with E-state index in [9.17, 15) is 4.79 Å². The number of ether oxygens (including phenoxy) is 1. The third kappa shape index (κ3) is 4.62. The van der Waals surface area contributed by atoms with E-state index < -0.39 is 0 Å². The molecule has 0 aromatic heterocycles. The summed E-state index contributed by atoms with van der Waals surface area (Å²) in [7, 11) is 1.83. The second kappa shape index (κ2) is 7.54. The zero-order chi connectivity index (χ0) is 13.4. The molecule has 0 radical (unpaired) electrons. The monoisotopic (exact) mass is 247 g/mol. The van der Waals surface area contributed by atoms with Gasteiger partial charge in [0.2, 0.25) is 5.91 Å². The van der Waals surface area contributed by atoms with E-state index in [4.69, 9.17) is 4.74 Å². The Balaban J connectivity index is 2.52. The first-order valence-corrected chi connectivity index (χ1v) is 6.24. The van der Waals surface area contributed by atoms with E-state index in [1.54, 1.807) is 11.0 Å². The summed E-state index contributed by atoms with van der Waals surface area (Å²) in [4.78, 5) is 13.4. The third-order valence-corrected chi connectivity index (χ3v) is 2.60. The molecule has 1 aromatic carbocycles. The van der Waals surface area contributed by atoms with Gasteiger partial charge in [0, 0.05) is 20.0 Å². The Morgan fingerprint density at radius 3 is 2.61 bits per heavy atom. The van der Waals surface area contributed by atoms with Crippen molar-refractivity contribution in [3.05, 3.63) is 42.5 Å². The van der Waals surface area contributed by atoms with Crippen LogP contribution < -0.4 is 4.74 Å². The van der Waals surface area contributed by atoms with Gasteiger partial charge in [-0.05, 0) is 24.1 Å². The van der Waals surface area contributed by atoms with Crippen LogP contribution in [-0.4, -0.2) is 24.5 Å². The molecule has 1 rings (SSSR count). The minimum atomic E-state index is 0.185. The molecule has 1 aromatic rings. The van der Waals surface area contributed by atoms with Gasteiger partial charge in [-0.3, -0.25) is 4.79 Å². The van der Waals surface area contributed by atoms with Crippen molar-refractivity contribution in [2.24, 2.45) is 0 Å². The standard InChI is InChI=1S/C15H21NO2/c1-4-6-15(17)16(3)12-13-7-9-14(10-8-13)18-11-5-2/h5,7-10H,2,4,6,11-12H2,1,3H3. The Hall–Kier alpha value is -1.77. The predicted molar refractivity (Wildman–Crippen MR) is 73.5 cm³/mol. The van der Waals surface area contributed by atoms with Crippen molar-refractivity contribution in [3.8, 4) is 5.75 Å². The Kier molecular flexibility index (Phi) is 5.98. The molecule has 98 valence electrons. The molecule has 0 aliphatic heterocycles. The molecule has 3 nitrogen and oxygen atoms in total. The number of rotatable bonds is 7. The molecule has 18 heavy (non-hydrogen) atoms. The number of hydrogen-bond acceptors (Lipinski definition) is 2. The van der Waals surface area contributed by atoms with Gasteiger partial charge in [-0.15, -0.1) is 0 Å². The topological polar surface area (TPSA) is 29.5 Å². The van der Waals surface area contributed by atoms with Crippen LogP contribution >= 0.6 is 0 Å². The quantitative estimate of drug-likeness (QED) is 0.693. The Morgan fingerprint density at radius 2 is 2.06 bits per heavy atom. The van der Waals surface area contributed by atoms with E-state index in [2.05, 4.69) is 6.58 Å². The SMILES string of the molecule is C=CCOc1ccc(CN(C)C(=O)CCC)cc1. The Bertz CT molecular complexity index is 384. The molecule has 0 atom stereocenters. The van der Waals surface area contributed by atoms with Gasteiger partial charge in [0.1, 0.15) is 12.4 Å². The largest absolute Gasteiger partial charge is 0.490 e. The molecule has 0 aliphatic rings. The first-order valence-electron chi connectivity index (χ1n) is 6.24. The van der Waals surface area contributed by atoms with Crippen LogP contribution in [0.5, 0.6) is 5.75 Å². The van der Waals surface area contributed by atoms with Crippen LogP contribution in [0.25, 0.3) is 0 Å². The maximum Gasteiger partial charge on any atom is 0.222 e. The zero-order valence-electron chi connectivity index (χ0n) is 11.2. The molecule has 0 spiro atoms. The lowest BCUT2D eigenvalue weighted by Crippen LogP contribution is -2.25.